The van der Waals surface area contributed by atoms with E-state index in [1.54, 1.807) is 0 Å². The molecule has 0 spiro atoms. The Bertz CT molecular complexity index is 256. The van der Waals surface area contributed by atoms with Gasteiger partial charge < -0.3 is 4.90 Å². The van der Waals surface area contributed by atoms with E-state index in [1.165, 1.54) is 38.6 Å². The molecule has 2 aliphatic rings. The SMILES string of the molecule is CCC1CCC(CN2CCC(=O)C(C)C2)CC1. The van der Waals surface area contributed by atoms with Gasteiger partial charge in [-0.1, -0.05) is 33.1 Å². The smallest absolute Gasteiger partial charge is 0.138 e. The monoisotopic (exact) mass is 237 g/mol. The van der Waals surface area contributed by atoms with Crippen LogP contribution in [0.25, 0.3) is 0 Å². The van der Waals surface area contributed by atoms with Gasteiger partial charge in [-0.3, -0.25) is 4.79 Å². The first-order valence-electron chi connectivity index (χ1n) is 7.44. The summed E-state index contributed by atoms with van der Waals surface area (Å²) in [7, 11) is 0. The minimum atomic E-state index is 0.274. The number of piperidine rings is 1. The van der Waals surface area contributed by atoms with Gasteiger partial charge in [0.05, 0.1) is 0 Å². The van der Waals surface area contributed by atoms with Crippen LogP contribution in [-0.4, -0.2) is 30.3 Å². The average Bonchev–Trinajstić information content (AvgIpc) is 2.35. The highest BCUT2D eigenvalue weighted by Crippen LogP contribution is 2.31. The third-order valence-corrected chi connectivity index (χ3v) is 4.82. The number of hydrogen-bond donors (Lipinski definition) is 0. The lowest BCUT2D eigenvalue weighted by Crippen LogP contribution is -2.42. The number of nitrogens with zero attached hydrogens (tertiary/aromatic N) is 1. The van der Waals surface area contributed by atoms with E-state index in [1.807, 2.05) is 0 Å². The second kappa shape index (κ2) is 5.99. The fourth-order valence-corrected chi connectivity index (χ4v) is 3.45. The molecule has 1 saturated heterocycles. The van der Waals surface area contributed by atoms with Crippen LogP contribution in [0.5, 0.6) is 0 Å². The number of hydrogen-bond acceptors (Lipinski definition) is 2. The fraction of sp³-hybridized carbons (Fsp3) is 0.933. The van der Waals surface area contributed by atoms with Gasteiger partial charge in [-0.25, -0.2) is 0 Å². The Hall–Kier alpha value is -0.370. The zero-order valence-electron chi connectivity index (χ0n) is 11.5. The Balaban J connectivity index is 1.73. The van der Waals surface area contributed by atoms with Gasteiger partial charge in [0.2, 0.25) is 0 Å². The van der Waals surface area contributed by atoms with Crippen molar-refractivity contribution in [1.82, 2.24) is 4.90 Å². The van der Waals surface area contributed by atoms with Crippen LogP contribution in [0.15, 0.2) is 0 Å². The molecule has 2 heteroatoms. The van der Waals surface area contributed by atoms with Gasteiger partial charge in [0, 0.05) is 32.0 Å². The van der Waals surface area contributed by atoms with Crippen molar-refractivity contribution in [1.29, 1.82) is 0 Å². The molecule has 1 aliphatic heterocycles. The van der Waals surface area contributed by atoms with E-state index >= 15 is 0 Å². The van der Waals surface area contributed by atoms with Crippen LogP contribution in [0.1, 0.15) is 52.4 Å². The molecule has 1 heterocycles. The van der Waals surface area contributed by atoms with Crippen molar-refractivity contribution in [2.24, 2.45) is 17.8 Å². The molecule has 1 saturated carbocycles. The molecule has 0 N–H and O–H groups in total. The molecule has 0 bridgehead atoms. The first-order valence-corrected chi connectivity index (χ1v) is 7.44. The van der Waals surface area contributed by atoms with Crippen LogP contribution in [0, 0.1) is 17.8 Å². The van der Waals surface area contributed by atoms with Crippen LogP contribution < -0.4 is 0 Å². The summed E-state index contributed by atoms with van der Waals surface area (Å²) in [6.07, 6.45) is 7.84. The number of ketones is 1. The number of Topliss-reactive ketones (excluding diaryl/α,β-unsaturated/α-hetero) is 1. The Morgan fingerprint density at radius 3 is 2.41 bits per heavy atom. The van der Waals surface area contributed by atoms with Crippen molar-refractivity contribution >= 4 is 5.78 Å². The normalized spacial score (nSPS) is 36.1. The topological polar surface area (TPSA) is 20.3 Å². The lowest BCUT2D eigenvalue weighted by molar-refractivity contribution is -0.125. The van der Waals surface area contributed by atoms with E-state index < -0.39 is 0 Å². The highest BCUT2D eigenvalue weighted by Gasteiger charge is 2.27. The van der Waals surface area contributed by atoms with Gasteiger partial charge in [-0.05, 0) is 24.7 Å². The lowest BCUT2D eigenvalue weighted by atomic mass is 9.80. The third kappa shape index (κ3) is 3.54. The van der Waals surface area contributed by atoms with Gasteiger partial charge in [0.15, 0.2) is 0 Å². The number of likely N-dealkylation sites (tertiary alicyclic amines) is 1. The molecule has 1 unspecified atom stereocenters. The van der Waals surface area contributed by atoms with Gasteiger partial charge in [-0.2, -0.15) is 0 Å². The lowest BCUT2D eigenvalue weighted by Gasteiger charge is -2.35. The van der Waals surface area contributed by atoms with Crippen LogP contribution in [-0.2, 0) is 4.79 Å². The van der Waals surface area contributed by atoms with Crippen LogP contribution >= 0.6 is 0 Å². The average molecular weight is 237 g/mol. The van der Waals surface area contributed by atoms with Gasteiger partial charge in [-0.15, -0.1) is 0 Å². The molecule has 98 valence electrons. The van der Waals surface area contributed by atoms with E-state index in [4.69, 9.17) is 0 Å². The summed E-state index contributed by atoms with van der Waals surface area (Å²) < 4.78 is 0. The minimum Gasteiger partial charge on any atom is -0.302 e. The summed E-state index contributed by atoms with van der Waals surface area (Å²) in [4.78, 5) is 14.0. The van der Waals surface area contributed by atoms with Crippen molar-refractivity contribution < 1.29 is 4.79 Å². The molecule has 0 aromatic carbocycles. The zero-order valence-corrected chi connectivity index (χ0v) is 11.5. The first kappa shape index (κ1) is 13.1. The second-order valence-electron chi connectivity index (χ2n) is 6.17. The van der Waals surface area contributed by atoms with E-state index in [2.05, 4.69) is 18.7 Å². The number of carbonyl (C=O) groups is 1. The molecule has 0 radical (unpaired) electrons. The Kier molecular flexibility index (Phi) is 4.61. The highest BCUT2D eigenvalue weighted by molar-refractivity contribution is 5.81. The molecule has 2 fully saturated rings. The summed E-state index contributed by atoms with van der Waals surface area (Å²) in [6.45, 7) is 7.67. The van der Waals surface area contributed by atoms with E-state index in [-0.39, 0.29) is 5.92 Å². The predicted molar refractivity (Wildman–Crippen MR) is 71.0 cm³/mol. The molecule has 1 atom stereocenters. The first-order chi connectivity index (χ1) is 8.19. The van der Waals surface area contributed by atoms with Crippen molar-refractivity contribution in [2.75, 3.05) is 19.6 Å². The summed E-state index contributed by atoms with van der Waals surface area (Å²) in [6, 6.07) is 0. The predicted octanol–water partition coefficient (Wildman–Crippen LogP) is 3.11. The van der Waals surface area contributed by atoms with Crippen molar-refractivity contribution in [3.8, 4) is 0 Å². The fourth-order valence-electron chi connectivity index (χ4n) is 3.45. The zero-order chi connectivity index (χ0) is 12.3. The molecule has 2 rings (SSSR count). The molecule has 0 aromatic heterocycles. The largest absolute Gasteiger partial charge is 0.302 e. The van der Waals surface area contributed by atoms with Crippen LogP contribution in [0.4, 0.5) is 0 Å². The van der Waals surface area contributed by atoms with Crippen LogP contribution in [0.2, 0.25) is 0 Å². The van der Waals surface area contributed by atoms with Crippen molar-refractivity contribution in [3.05, 3.63) is 0 Å². The summed E-state index contributed by atoms with van der Waals surface area (Å²) in [5.41, 5.74) is 0. The Labute approximate surface area is 106 Å². The Morgan fingerprint density at radius 1 is 1.18 bits per heavy atom. The number of rotatable bonds is 3. The third-order valence-electron chi connectivity index (χ3n) is 4.82. The maximum atomic E-state index is 11.5. The summed E-state index contributed by atoms with van der Waals surface area (Å²) >= 11 is 0. The quantitative estimate of drug-likeness (QED) is 0.751. The minimum absolute atomic E-state index is 0.274. The number of carbonyl (C=O) groups excluding carboxylic acids is 1. The second-order valence-corrected chi connectivity index (χ2v) is 6.17. The summed E-state index contributed by atoms with van der Waals surface area (Å²) in [5, 5.41) is 0. The molecule has 1 aliphatic carbocycles. The van der Waals surface area contributed by atoms with Crippen molar-refractivity contribution in [2.45, 2.75) is 52.4 Å². The molecule has 0 aromatic rings. The van der Waals surface area contributed by atoms with Crippen LogP contribution in [0.3, 0.4) is 0 Å². The summed E-state index contributed by atoms with van der Waals surface area (Å²) in [5.74, 6) is 2.64. The van der Waals surface area contributed by atoms with Gasteiger partial charge in [0.1, 0.15) is 5.78 Å². The van der Waals surface area contributed by atoms with Crippen molar-refractivity contribution in [3.63, 3.8) is 0 Å². The Morgan fingerprint density at radius 2 is 1.82 bits per heavy atom. The van der Waals surface area contributed by atoms with E-state index in [0.717, 1.165) is 31.3 Å². The molecule has 17 heavy (non-hydrogen) atoms. The van der Waals surface area contributed by atoms with E-state index in [0.29, 0.717) is 5.78 Å². The van der Waals surface area contributed by atoms with E-state index in [9.17, 15) is 4.79 Å². The molecule has 2 nitrogen and oxygen atoms in total. The standard InChI is InChI=1S/C15H27NO/c1-3-13-4-6-14(7-5-13)11-16-9-8-15(17)12(2)10-16/h12-14H,3-11H2,1-2H3. The molecular formula is C15H27NO. The maximum absolute atomic E-state index is 11.5. The molecule has 0 amide bonds. The van der Waals surface area contributed by atoms with Gasteiger partial charge in [0.25, 0.3) is 0 Å². The maximum Gasteiger partial charge on any atom is 0.138 e. The van der Waals surface area contributed by atoms with Gasteiger partial charge >= 0.3 is 0 Å². The molecular weight excluding hydrogens is 210 g/mol. The highest BCUT2D eigenvalue weighted by atomic mass is 16.1.